The molecule has 84 valence electrons. The van der Waals surface area contributed by atoms with Crippen LogP contribution < -0.4 is 4.89 Å². The molecule has 0 heterocycles. The summed E-state index contributed by atoms with van der Waals surface area (Å²) in [5, 5.41) is 0. The smallest absolute Gasteiger partial charge is 0.262 e. The molecule has 1 N–H and O–H groups in total. The second-order valence-electron chi connectivity index (χ2n) is 2.59. The van der Waals surface area contributed by atoms with E-state index in [1.807, 2.05) is 4.89 Å². The first-order valence-corrected chi connectivity index (χ1v) is 5.42. The number of hydrogen-bond donors (Lipinski definition) is 1. The fourth-order valence-electron chi connectivity index (χ4n) is 0.822. The van der Waals surface area contributed by atoms with Gasteiger partial charge in [-0.2, -0.15) is 0 Å². The summed E-state index contributed by atoms with van der Waals surface area (Å²) >= 11 is 0. The highest BCUT2D eigenvalue weighted by Gasteiger charge is 2.13. The van der Waals surface area contributed by atoms with Crippen LogP contribution in [-0.2, 0) is 19.6 Å². The molecule has 0 bridgehead atoms. The molecule has 0 atom stereocenters. The van der Waals surface area contributed by atoms with Crippen molar-refractivity contribution in [2.45, 2.75) is 4.90 Å². The van der Waals surface area contributed by atoms with Gasteiger partial charge in [0.1, 0.15) is 5.82 Å². The van der Waals surface area contributed by atoms with Crippen LogP contribution in [0.1, 0.15) is 0 Å². The van der Waals surface area contributed by atoms with Crippen molar-refractivity contribution in [2.75, 3.05) is 13.9 Å². The Bertz CT molecular complexity index is 403. The largest absolute Gasteiger partial charge is 0.357 e. The number of hydrogen-bond acceptors (Lipinski definition) is 4. The fourth-order valence-corrected chi connectivity index (χ4v) is 1.62. The van der Waals surface area contributed by atoms with E-state index in [4.69, 9.17) is 0 Å². The predicted octanol–water partition coefficient (Wildman–Crippen LogP) is 0.639. The molecule has 0 saturated carbocycles. The van der Waals surface area contributed by atoms with Gasteiger partial charge in [0, 0.05) is 7.11 Å². The van der Waals surface area contributed by atoms with Crippen LogP contribution in [0.2, 0.25) is 0 Å². The minimum Gasteiger partial charge on any atom is -0.357 e. The quantitative estimate of drug-likeness (QED) is 0.462. The van der Waals surface area contributed by atoms with E-state index in [9.17, 15) is 12.8 Å². The van der Waals surface area contributed by atoms with Crippen LogP contribution in [-0.4, -0.2) is 22.3 Å². The third kappa shape index (κ3) is 3.56. The summed E-state index contributed by atoms with van der Waals surface area (Å²) < 4.78 is 39.8. The Labute approximate surface area is 86.8 Å². The lowest BCUT2D eigenvalue weighted by molar-refractivity contribution is -0.0540. The zero-order valence-electron chi connectivity index (χ0n) is 7.94. The van der Waals surface area contributed by atoms with Crippen molar-refractivity contribution in [1.82, 2.24) is 4.89 Å². The van der Waals surface area contributed by atoms with E-state index in [0.717, 1.165) is 24.3 Å². The van der Waals surface area contributed by atoms with Gasteiger partial charge in [-0.05, 0) is 24.3 Å². The standard InChI is InChI=1S/C8H10FNO4S/c1-13-6-14-10-15(11,12)8-4-2-7(9)3-5-8/h2-5,10H,6H2,1H3. The highest BCUT2D eigenvalue weighted by atomic mass is 32.2. The Morgan fingerprint density at radius 2 is 1.93 bits per heavy atom. The maximum atomic E-state index is 12.5. The molecule has 0 radical (unpaired) electrons. The summed E-state index contributed by atoms with van der Waals surface area (Å²) in [6, 6.07) is 4.36. The molecule has 0 unspecified atom stereocenters. The van der Waals surface area contributed by atoms with Gasteiger partial charge in [-0.25, -0.2) is 12.8 Å². The molecular weight excluding hydrogens is 225 g/mol. The molecule has 0 aliphatic carbocycles. The van der Waals surface area contributed by atoms with Gasteiger partial charge in [-0.1, -0.05) is 4.89 Å². The van der Waals surface area contributed by atoms with Crippen LogP contribution in [0.4, 0.5) is 4.39 Å². The van der Waals surface area contributed by atoms with Crippen molar-refractivity contribution < 1.29 is 22.4 Å². The summed E-state index contributed by atoms with van der Waals surface area (Å²) in [6.45, 7) is -0.208. The average Bonchev–Trinajstić information content (AvgIpc) is 2.18. The molecule has 15 heavy (non-hydrogen) atoms. The summed E-state index contributed by atoms with van der Waals surface area (Å²) in [7, 11) is -2.41. The van der Waals surface area contributed by atoms with Gasteiger partial charge in [0.25, 0.3) is 10.0 Å². The van der Waals surface area contributed by atoms with Crippen molar-refractivity contribution in [3.63, 3.8) is 0 Å². The summed E-state index contributed by atoms with van der Waals surface area (Å²) in [5.74, 6) is -0.508. The summed E-state index contributed by atoms with van der Waals surface area (Å²) in [4.78, 5) is 6.22. The van der Waals surface area contributed by atoms with E-state index in [-0.39, 0.29) is 11.7 Å². The molecule has 0 saturated heterocycles. The lowest BCUT2D eigenvalue weighted by Crippen LogP contribution is -2.24. The number of ether oxygens (including phenoxy) is 1. The molecule has 1 aromatic carbocycles. The van der Waals surface area contributed by atoms with E-state index in [0.29, 0.717) is 0 Å². The first kappa shape index (κ1) is 12.1. The Morgan fingerprint density at radius 3 is 2.47 bits per heavy atom. The number of rotatable bonds is 5. The number of sulfonamides is 1. The van der Waals surface area contributed by atoms with Crippen LogP contribution in [0, 0.1) is 5.82 Å². The average molecular weight is 235 g/mol. The van der Waals surface area contributed by atoms with E-state index in [2.05, 4.69) is 9.57 Å². The molecule has 7 heteroatoms. The molecule has 1 aromatic rings. The molecule has 0 aromatic heterocycles. The molecule has 0 fully saturated rings. The Balaban J connectivity index is 2.73. The SMILES string of the molecule is COCONS(=O)(=O)c1ccc(F)cc1. The van der Waals surface area contributed by atoms with Crippen molar-refractivity contribution >= 4 is 10.0 Å². The number of methoxy groups -OCH3 is 1. The van der Waals surface area contributed by atoms with Crippen molar-refractivity contribution in [3.05, 3.63) is 30.1 Å². The number of halogens is 1. The monoisotopic (exact) mass is 235 g/mol. The maximum absolute atomic E-state index is 12.5. The molecule has 0 aliphatic heterocycles. The molecule has 0 amide bonds. The normalized spacial score (nSPS) is 11.6. The fraction of sp³-hybridized carbons (Fsp3) is 0.250. The second kappa shape index (κ2) is 5.17. The van der Waals surface area contributed by atoms with Crippen molar-refractivity contribution in [2.24, 2.45) is 0 Å². The Morgan fingerprint density at radius 1 is 1.33 bits per heavy atom. The minimum atomic E-state index is -3.77. The highest BCUT2D eigenvalue weighted by Crippen LogP contribution is 2.09. The maximum Gasteiger partial charge on any atom is 0.262 e. The van der Waals surface area contributed by atoms with Crippen LogP contribution in [0.25, 0.3) is 0 Å². The molecule has 1 rings (SSSR count). The van der Waals surface area contributed by atoms with E-state index in [1.54, 1.807) is 0 Å². The van der Waals surface area contributed by atoms with E-state index >= 15 is 0 Å². The van der Waals surface area contributed by atoms with Gasteiger partial charge >= 0.3 is 0 Å². The van der Waals surface area contributed by atoms with Gasteiger partial charge in [-0.3, -0.25) is 4.84 Å². The second-order valence-corrected chi connectivity index (χ2v) is 4.24. The Hall–Kier alpha value is -1.02. The lowest BCUT2D eigenvalue weighted by atomic mass is 10.4. The zero-order valence-corrected chi connectivity index (χ0v) is 8.75. The van der Waals surface area contributed by atoms with Gasteiger partial charge in [0.05, 0.1) is 4.90 Å². The summed E-state index contributed by atoms with van der Waals surface area (Å²) in [6.07, 6.45) is 0. The van der Waals surface area contributed by atoms with Gasteiger partial charge in [-0.15, -0.1) is 0 Å². The van der Waals surface area contributed by atoms with E-state index < -0.39 is 15.8 Å². The molecule has 0 aliphatic rings. The first-order valence-electron chi connectivity index (χ1n) is 3.94. The third-order valence-corrected chi connectivity index (χ3v) is 2.70. The van der Waals surface area contributed by atoms with Gasteiger partial charge in [0.2, 0.25) is 0 Å². The van der Waals surface area contributed by atoms with Crippen LogP contribution >= 0.6 is 0 Å². The van der Waals surface area contributed by atoms with Crippen molar-refractivity contribution in [3.8, 4) is 0 Å². The van der Waals surface area contributed by atoms with E-state index in [1.165, 1.54) is 7.11 Å². The number of nitrogens with one attached hydrogen (secondary N) is 1. The number of benzene rings is 1. The van der Waals surface area contributed by atoms with Crippen LogP contribution in [0.5, 0.6) is 0 Å². The minimum absolute atomic E-state index is 0.0833. The van der Waals surface area contributed by atoms with Gasteiger partial charge < -0.3 is 4.74 Å². The molecule has 0 spiro atoms. The zero-order chi connectivity index (χ0) is 11.3. The lowest BCUT2D eigenvalue weighted by Gasteiger charge is -2.05. The van der Waals surface area contributed by atoms with Crippen LogP contribution in [0.3, 0.4) is 0 Å². The topological polar surface area (TPSA) is 64.6 Å². The molecule has 5 nitrogen and oxygen atoms in total. The highest BCUT2D eigenvalue weighted by molar-refractivity contribution is 7.89. The van der Waals surface area contributed by atoms with Crippen LogP contribution in [0.15, 0.2) is 29.2 Å². The third-order valence-electron chi connectivity index (χ3n) is 1.47. The summed E-state index contributed by atoms with van der Waals surface area (Å²) in [5.41, 5.74) is 0. The first-order chi connectivity index (χ1) is 7.06. The van der Waals surface area contributed by atoms with Crippen molar-refractivity contribution in [1.29, 1.82) is 0 Å². The Kier molecular flexibility index (Phi) is 4.15. The van der Waals surface area contributed by atoms with Gasteiger partial charge in [0.15, 0.2) is 6.79 Å². The molecular formula is C8H10FNO4S. The predicted molar refractivity (Wildman–Crippen MR) is 49.7 cm³/mol.